The highest BCUT2D eigenvalue weighted by molar-refractivity contribution is 5.25. The molecule has 0 saturated heterocycles. The van der Waals surface area contributed by atoms with E-state index in [1.54, 1.807) is 0 Å². The van der Waals surface area contributed by atoms with Gasteiger partial charge in [-0.1, -0.05) is 26.2 Å². The van der Waals surface area contributed by atoms with Crippen LogP contribution in [0.3, 0.4) is 0 Å². The van der Waals surface area contributed by atoms with E-state index in [1.807, 2.05) is 6.20 Å². The van der Waals surface area contributed by atoms with Crippen LogP contribution in [0.2, 0.25) is 0 Å². The van der Waals surface area contributed by atoms with E-state index in [0.717, 1.165) is 31.4 Å². The summed E-state index contributed by atoms with van der Waals surface area (Å²) in [6.45, 7) is 4.33. The van der Waals surface area contributed by atoms with E-state index in [4.69, 9.17) is 0 Å². The molecule has 1 N–H and O–H groups in total. The van der Waals surface area contributed by atoms with Crippen LogP contribution >= 0.6 is 0 Å². The van der Waals surface area contributed by atoms with Gasteiger partial charge in [0.05, 0.1) is 0 Å². The second kappa shape index (κ2) is 5.19. The lowest BCUT2D eigenvalue weighted by molar-refractivity contribution is 0.302. The summed E-state index contributed by atoms with van der Waals surface area (Å²) in [7, 11) is 0. The normalized spacial score (nSPS) is 16.3. The molecule has 1 heterocycles. The number of anilines is 1. The van der Waals surface area contributed by atoms with Crippen molar-refractivity contribution >= 4 is 5.95 Å². The van der Waals surface area contributed by atoms with Crippen LogP contribution in [0.15, 0.2) is 12.4 Å². The third-order valence-electron chi connectivity index (χ3n) is 3.24. The average Bonchev–Trinajstić information content (AvgIpc) is 2.58. The van der Waals surface area contributed by atoms with Crippen molar-refractivity contribution in [3.63, 3.8) is 0 Å². The molecule has 0 bridgehead atoms. The van der Waals surface area contributed by atoms with Gasteiger partial charge in [0, 0.05) is 25.5 Å². The molecular formula is C12H21N3. The first-order valence-corrected chi connectivity index (χ1v) is 6.15. The van der Waals surface area contributed by atoms with Crippen molar-refractivity contribution in [3.05, 3.63) is 12.4 Å². The first kappa shape index (κ1) is 10.5. The van der Waals surface area contributed by atoms with Crippen LogP contribution in [0.25, 0.3) is 0 Å². The van der Waals surface area contributed by atoms with E-state index < -0.39 is 0 Å². The monoisotopic (exact) mass is 207 g/mol. The zero-order valence-corrected chi connectivity index (χ0v) is 9.58. The van der Waals surface area contributed by atoms with Gasteiger partial charge in [-0.15, -0.1) is 0 Å². The van der Waals surface area contributed by atoms with Crippen LogP contribution in [0.1, 0.15) is 39.0 Å². The Kier molecular flexibility index (Phi) is 3.64. The van der Waals surface area contributed by atoms with Gasteiger partial charge in [-0.25, -0.2) is 4.98 Å². The van der Waals surface area contributed by atoms with E-state index in [9.17, 15) is 0 Å². The van der Waals surface area contributed by atoms with Crippen LogP contribution < -0.4 is 5.32 Å². The Morgan fingerprint density at radius 2 is 2.40 bits per heavy atom. The van der Waals surface area contributed by atoms with E-state index in [2.05, 4.69) is 28.0 Å². The molecule has 1 saturated carbocycles. The number of hydrogen-bond donors (Lipinski definition) is 1. The topological polar surface area (TPSA) is 29.9 Å². The van der Waals surface area contributed by atoms with Crippen LogP contribution in [0.4, 0.5) is 5.95 Å². The average molecular weight is 207 g/mol. The van der Waals surface area contributed by atoms with Gasteiger partial charge in [0.25, 0.3) is 0 Å². The molecule has 2 rings (SSSR count). The predicted octanol–water partition coefficient (Wildman–Crippen LogP) is 2.90. The Balaban J connectivity index is 1.73. The summed E-state index contributed by atoms with van der Waals surface area (Å²) in [6.07, 6.45) is 10.7. The third-order valence-corrected chi connectivity index (χ3v) is 3.24. The van der Waals surface area contributed by atoms with Crippen molar-refractivity contribution in [2.75, 3.05) is 11.9 Å². The summed E-state index contributed by atoms with van der Waals surface area (Å²) >= 11 is 0. The molecule has 3 heteroatoms. The van der Waals surface area contributed by atoms with Crippen molar-refractivity contribution in [1.29, 1.82) is 0 Å². The quantitative estimate of drug-likeness (QED) is 0.777. The Morgan fingerprint density at radius 3 is 3.07 bits per heavy atom. The second-order valence-electron chi connectivity index (χ2n) is 4.46. The fraction of sp³-hybridized carbons (Fsp3) is 0.750. The van der Waals surface area contributed by atoms with Crippen molar-refractivity contribution in [2.24, 2.45) is 5.92 Å². The minimum atomic E-state index is 0.979. The summed E-state index contributed by atoms with van der Waals surface area (Å²) in [5.41, 5.74) is 0. The lowest BCUT2D eigenvalue weighted by Gasteiger charge is -2.25. The summed E-state index contributed by atoms with van der Waals surface area (Å²) in [5, 5.41) is 3.43. The lowest BCUT2D eigenvalue weighted by atomic mass is 9.83. The van der Waals surface area contributed by atoms with Crippen LogP contribution in [-0.4, -0.2) is 16.1 Å². The van der Waals surface area contributed by atoms with Crippen molar-refractivity contribution in [2.45, 2.75) is 45.6 Å². The van der Waals surface area contributed by atoms with E-state index >= 15 is 0 Å². The number of hydrogen-bond acceptors (Lipinski definition) is 2. The first-order valence-electron chi connectivity index (χ1n) is 6.15. The maximum atomic E-state index is 4.33. The molecule has 0 aliphatic heterocycles. The Morgan fingerprint density at radius 1 is 1.53 bits per heavy atom. The maximum Gasteiger partial charge on any atom is 0.202 e. The Bertz CT molecular complexity index is 289. The highest BCUT2D eigenvalue weighted by Crippen LogP contribution is 2.29. The van der Waals surface area contributed by atoms with Gasteiger partial charge in [-0.05, 0) is 18.8 Å². The fourth-order valence-corrected chi connectivity index (χ4v) is 2.07. The number of aromatic nitrogens is 2. The Hall–Kier alpha value is -0.990. The third kappa shape index (κ3) is 2.74. The van der Waals surface area contributed by atoms with E-state index in [1.165, 1.54) is 25.7 Å². The first-order chi connectivity index (χ1) is 7.40. The molecule has 1 fully saturated rings. The van der Waals surface area contributed by atoms with Gasteiger partial charge in [0.2, 0.25) is 5.95 Å². The number of aryl methyl sites for hydroxylation is 1. The molecule has 1 aliphatic carbocycles. The van der Waals surface area contributed by atoms with Crippen molar-refractivity contribution in [1.82, 2.24) is 9.55 Å². The van der Waals surface area contributed by atoms with E-state index in [0.29, 0.717) is 0 Å². The van der Waals surface area contributed by atoms with Gasteiger partial charge >= 0.3 is 0 Å². The molecule has 15 heavy (non-hydrogen) atoms. The number of nitrogens with zero attached hydrogens (tertiary/aromatic N) is 2. The van der Waals surface area contributed by atoms with Crippen molar-refractivity contribution < 1.29 is 0 Å². The minimum absolute atomic E-state index is 0.979. The fourth-order valence-electron chi connectivity index (χ4n) is 2.07. The zero-order chi connectivity index (χ0) is 10.5. The Labute approximate surface area is 91.9 Å². The van der Waals surface area contributed by atoms with E-state index in [-0.39, 0.29) is 0 Å². The number of rotatable bonds is 6. The van der Waals surface area contributed by atoms with Gasteiger partial charge in [-0.2, -0.15) is 0 Å². The highest BCUT2D eigenvalue weighted by atomic mass is 15.2. The molecule has 0 atom stereocenters. The summed E-state index contributed by atoms with van der Waals surface area (Å²) < 4.78 is 2.20. The molecule has 1 aliphatic rings. The molecule has 84 valence electrons. The largest absolute Gasteiger partial charge is 0.356 e. The molecule has 1 aromatic heterocycles. The molecule has 0 unspecified atom stereocenters. The van der Waals surface area contributed by atoms with Crippen LogP contribution in [0, 0.1) is 5.92 Å². The molecule has 0 aromatic carbocycles. The van der Waals surface area contributed by atoms with Gasteiger partial charge < -0.3 is 9.88 Å². The predicted molar refractivity (Wildman–Crippen MR) is 63.0 cm³/mol. The SMILES string of the molecule is CCCn1ccnc1NCCC1CCC1. The van der Waals surface area contributed by atoms with Crippen LogP contribution in [-0.2, 0) is 6.54 Å². The zero-order valence-electron chi connectivity index (χ0n) is 9.58. The number of imidazole rings is 1. The standard InChI is InChI=1S/C12H21N3/c1-2-9-15-10-8-14-12(15)13-7-6-11-4-3-5-11/h8,10-11H,2-7,9H2,1H3,(H,13,14). The molecule has 0 radical (unpaired) electrons. The van der Waals surface area contributed by atoms with Gasteiger partial charge in [0.1, 0.15) is 0 Å². The number of nitrogens with one attached hydrogen (secondary N) is 1. The lowest BCUT2D eigenvalue weighted by Crippen LogP contribution is -2.17. The maximum absolute atomic E-state index is 4.33. The summed E-state index contributed by atoms with van der Waals surface area (Å²) in [5.74, 6) is 2.02. The second-order valence-corrected chi connectivity index (χ2v) is 4.46. The van der Waals surface area contributed by atoms with Gasteiger partial charge in [0.15, 0.2) is 0 Å². The molecule has 1 aromatic rings. The molecular weight excluding hydrogens is 186 g/mol. The van der Waals surface area contributed by atoms with Crippen molar-refractivity contribution in [3.8, 4) is 0 Å². The highest BCUT2D eigenvalue weighted by Gasteiger charge is 2.16. The molecule has 0 spiro atoms. The molecule has 3 nitrogen and oxygen atoms in total. The summed E-state index contributed by atoms with van der Waals surface area (Å²) in [6, 6.07) is 0. The smallest absolute Gasteiger partial charge is 0.202 e. The minimum Gasteiger partial charge on any atom is -0.356 e. The van der Waals surface area contributed by atoms with Crippen LogP contribution in [0.5, 0.6) is 0 Å². The van der Waals surface area contributed by atoms with Gasteiger partial charge in [-0.3, -0.25) is 0 Å². The summed E-state index contributed by atoms with van der Waals surface area (Å²) in [4.78, 5) is 4.33. The molecule has 0 amide bonds.